The van der Waals surface area contributed by atoms with Crippen molar-refractivity contribution in [1.29, 1.82) is 0 Å². The number of aryl methyl sites for hydroxylation is 6. The number of hydrogen-bond acceptors (Lipinski definition) is 4. The van der Waals surface area contributed by atoms with Gasteiger partial charge in [0.15, 0.2) is 0 Å². The molecule has 0 spiro atoms. The van der Waals surface area contributed by atoms with E-state index in [9.17, 15) is 4.79 Å². The standard InChI is InChI=1S/C29H35ClN4O2.C5H8S/c1-17-15-22(16-18(2)28(17)30)36-14-8-11-23-20(4)34(13-12-26(31)35)29-24(23)9-7-10-25(29)27-19(3)32-33(6)21(27)5;1-3-5(2)4-6/h7,9-10,15-16H,8,11-14H2,1-6H3,(H2,31,35);3,6H,1-2,4H2. The van der Waals surface area contributed by atoms with Crippen molar-refractivity contribution >= 4 is 41.0 Å². The van der Waals surface area contributed by atoms with E-state index >= 15 is 0 Å². The average molecular weight is 607 g/mol. The number of primary amides is 1. The second kappa shape index (κ2) is 14.7. The molecule has 1 amide bonds. The zero-order chi connectivity index (χ0) is 31.1. The van der Waals surface area contributed by atoms with Gasteiger partial charge in [-0.1, -0.05) is 49.0 Å². The summed E-state index contributed by atoms with van der Waals surface area (Å²) in [6.07, 6.45) is 3.73. The van der Waals surface area contributed by atoms with Crippen LogP contribution in [-0.4, -0.2) is 32.6 Å². The quantitative estimate of drug-likeness (QED) is 0.104. The van der Waals surface area contributed by atoms with Gasteiger partial charge in [-0.25, -0.2) is 0 Å². The van der Waals surface area contributed by atoms with Gasteiger partial charge in [0.05, 0.1) is 17.8 Å². The molecule has 0 unspecified atom stereocenters. The van der Waals surface area contributed by atoms with Crippen molar-refractivity contribution in [2.45, 2.75) is 60.4 Å². The molecule has 224 valence electrons. The summed E-state index contributed by atoms with van der Waals surface area (Å²) in [6.45, 7) is 18.5. The van der Waals surface area contributed by atoms with Crippen LogP contribution in [0.5, 0.6) is 5.75 Å². The highest BCUT2D eigenvalue weighted by atomic mass is 35.5. The molecule has 0 aliphatic rings. The number of fused-ring (bicyclic) bond motifs is 1. The maximum atomic E-state index is 11.7. The van der Waals surface area contributed by atoms with Crippen LogP contribution in [0.2, 0.25) is 5.02 Å². The molecule has 0 radical (unpaired) electrons. The Balaban J connectivity index is 0.000000730. The SMILES string of the molecule is C=CC(=C)CS.Cc1cc(OCCCc2c(C)n(CCC(N)=O)c3c(-c4c(C)nn(C)c4C)cccc23)cc(C)c1Cl. The third-order valence-electron chi connectivity index (χ3n) is 7.57. The van der Waals surface area contributed by atoms with E-state index in [1.54, 1.807) is 6.08 Å². The van der Waals surface area contributed by atoms with Crippen molar-refractivity contribution in [3.05, 3.63) is 93.9 Å². The van der Waals surface area contributed by atoms with Crippen LogP contribution >= 0.6 is 24.2 Å². The summed E-state index contributed by atoms with van der Waals surface area (Å²) >= 11 is 10.2. The monoisotopic (exact) mass is 606 g/mol. The van der Waals surface area contributed by atoms with E-state index < -0.39 is 0 Å². The number of hydrogen-bond donors (Lipinski definition) is 2. The number of benzene rings is 2. The highest BCUT2D eigenvalue weighted by Crippen LogP contribution is 2.37. The third-order valence-corrected chi connectivity index (χ3v) is 8.58. The van der Waals surface area contributed by atoms with Gasteiger partial charge < -0.3 is 15.0 Å². The topological polar surface area (TPSA) is 75.1 Å². The average Bonchev–Trinajstić information content (AvgIpc) is 3.37. The number of carbonyl (C=O) groups is 1. The Morgan fingerprint density at radius 1 is 1.14 bits per heavy atom. The van der Waals surface area contributed by atoms with E-state index in [0.29, 0.717) is 25.3 Å². The minimum absolute atomic E-state index is 0.293. The molecule has 0 aliphatic carbocycles. The number of amides is 1. The zero-order valence-electron chi connectivity index (χ0n) is 25.7. The molecule has 2 N–H and O–H groups in total. The molecule has 4 rings (SSSR count). The Morgan fingerprint density at radius 2 is 1.81 bits per heavy atom. The van der Waals surface area contributed by atoms with E-state index in [1.807, 2.05) is 44.6 Å². The molecule has 4 aromatic rings. The first-order valence-electron chi connectivity index (χ1n) is 14.1. The van der Waals surface area contributed by atoms with Crippen molar-refractivity contribution in [2.24, 2.45) is 12.8 Å². The van der Waals surface area contributed by atoms with Gasteiger partial charge in [-0.2, -0.15) is 17.7 Å². The van der Waals surface area contributed by atoms with Crippen LogP contribution in [0, 0.1) is 34.6 Å². The first kappa shape index (κ1) is 33.1. The minimum atomic E-state index is -0.300. The van der Waals surface area contributed by atoms with Gasteiger partial charge >= 0.3 is 0 Å². The van der Waals surface area contributed by atoms with Gasteiger partial charge in [-0.15, -0.1) is 0 Å². The number of nitrogens with zero attached hydrogens (tertiary/aromatic N) is 3. The second-order valence-electron chi connectivity index (χ2n) is 10.6. The van der Waals surface area contributed by atoms with Gasteiger partial charge in [0.25, 0.3) is 0 Å². The van der Waals surface area contributed by atoms with Crippen molar-refractivity contribution in [1.82, 2.24) is 14.3 Å². The molecule has 0 aliphatic heterocycles. The normalized spacial score (nSPS) is 10.9. The van der Waals surface area contributed by atoms with Crippen LogP contribution in [0.4, 0.5) is 0 Å². The molecule has 8 heteroatoms. The number of carbonyl (C=O) groups excluding carboxylic acids is 1. The molecule has 2 aromatic carbocycles. The number of nitrogens with two attached hydrogens (primary N) is 1. The molecule has 0 saturated heterocycles. The summed E-state index contributed by atoms with van der Waals surface area (Å²) in [5.74, 6) is 1.26. The number of para-hydroxylation sites is 1. The number of rotatable bonds is 11. The molecular weight excluding hydrogens is 564 g/mol. The third kappa shape index (κ3) is 7.50. The Morgan fingerprint density at radius 3 is 2.33 bits per heavy atom. The summed E-state index contributed by atoms with van der Waals surface area (Å²) in [4.78, 5) is 11.7. The summed E-state index contributed by atoms with van der Waals surface area (Å²) in [6, 6.07) is 10.4. The van der Waals surface area contributed by atoms with Crippen molar-refractivity contribution in [3.8, 4) is 16.9 Å². The fourth-order valence-corrected chi connectivity index (χ4v) is 5.52. The van der Waals surface area contributed by atoms with Gasteiger partial charge in [0.1, 0.15) is 5.75 Å². The van der Waals surface area contributed by atoms with E-state index in [-0.39, 0.29) is 5.91 Å². The molecule has 42 heavy (non-hydrogen) atoms. The summed E-state index contributed by atoms with van der Waals surface area (Å²) in [5, 5.41) is 6.64. The Labute approximate surface area is 260 Å². The maximum Gasteiger partial charge on any atom is 0.219 e. The van der Waals surface area contributed by atoms with Crippen LogP contribution in [0.15, 0.2) is 55.1 Å². The van der Waals surface area contributed by atoms with Crippen molar-refractivity contribution in [3.63, 3.8) is 0 Å². The lowest BCUT2D eigenvalue weighted by atomic mass is 9.98. The minimum Gasteiger partial charge on any atom is -0.494 e. The zero-order valence-corrected chi connectivity index (χ0v) is 27.3. The first-order chi connectivity index (χ1) is 19.9. The molecule has 2 aromatic heterocycles. The number of thiol groups is 1. The Kier molecular flexibility index (Phi) is 11.5. The first-order valence-corrected chi connectivity index (χ1v) is 15.1. The predicted molar refractivity (Wildman–Crippen MR) is 180 cm³/mol. The summed E-state index contributed by atoms with van der Waals surface area (Å²) in [5.41, 5.74) is 16.5. The lowest BCUT2D eigenvalue weighted by Gasteiger charge is -2.12. The Bertz CT molecular complexity index is 1590. The predicted octanol–water partition coefficient (Wildman–Crippen LogP) is 7.78. The van der Waals surface area contributed by atoms with E-state index in [1.165, 1.54) is 10.9 Å². The Hall–Kier alpha value is -3.42. The smallest absolute Gasteiger partial charge is 0.219 e. The second-order valence-corrected chi connectivity index (χ2v) is 11.3. The van der Waals surface area contributed by atoms with Crippen molar-refractivity contribution < 1.29 is 9.53 Å². The number of aromatic nitrogens is 3. The van der Waals surface area contributed by atoms with E-state index in [0.717, 1.165) is 74.0 Å². The highest BCUT2D eigenvalue weighted by Gasteiger charge is 2.21. The van der Waals surface area contributed by atoms with Crippen LogP contribution < -0.4 is 10.5 Å². The van der Waals surface area contributed by atoms with Gasteiger partial charge in [0, 0.05) is 58.7 Å². The van der Waals surface area contributed by atoms with Gasteiger partial charge in [-0.05, 0) is 81.9 Å². The van der Waals surface area contributed by atoms with Crippen molar-refractivity contribution in [2.75, 3.05) is 12.4 Å². The lowest BCUT2D eigenvalue weighted by Crippen LogP contribution is -2.14. The van der Waals surface area contributed by atoms with Gasteiger partial charge in [0.2, 0.25) is 5.91 Å². The fraction of sp³-hybridized carbons (Fsp3) is 0.353. The van der Waals surface area contributed by atoms with E-state index in [2.05, 4.69) is 67.5 Å². The molecule has 0 saturated carbocycles. The molecule has 0 atom stereocenters. The number of allylic oxidation sites excluding steroid dienone is 1. The van der Waals surface area contributed by atoms with Crippen LogP contribution in [0.25, 0.3) is 22.0 Å². The molecule has 6 nitrogen and oxygen atoms in total. The molecular formula is C34H43ClN4O2S. The largest absolute Gasteiger partial charge is 0.494 e. The summed E-state index contributed by atoms with van der Waals surface area (Å²) in [7, 11) is 1.97. The van der Waals surface area contributed by atoms with Gasteiger partial charge in [-0.3, -0.25) is 9.48 Å². The van der Waals surface area contributed by atoms with Crippen LogP contribution in [0.1, 0.15) is 46.6 Å². The van der Waals surface area contributed by atoms with Crippen LogP contribution in [-0.2, 0) is 24.8 Å². The highest BCUT2D eigenvalue weighted by molar-refractivity contribution is 7.80. The fourth-order valence-electron chi connectivity index (χ4n) is 5.28. The van der Waals surface area contributed by atoms with Crippen LogP contribution in [0.3, 0.4) is 0 Å². The molecule has 0 bridgehead atoms. The number of ether oxygens (including phenoxy) is 1. The number of halogens is 1. The molecule has 0 fully saturated rings. The molecule has 2 heterocycles. The van der Waals surface area contributed by atoms with E-state index in [4.69, 9.17) is 22.1 Å². The maximum absolute atomic E-state index is 11.7. The summed E-state index contributed by atoms with van der Waals surface area (Å²) < 4.78 is 10.2. The lowest BCUT2D eigenvalue weighted by molar-refractivity contribution is -0.118.